The van der Waals surface area contributed by atoms with Crippen LogP contribution < -0.4 is 16.0 Å². The first-order valence-electron chi connectivity index (χ1n) is 10.6. The van der Waals surface area contributed by atoms with Crippen LogP contribution in [-0.2, 0) is 28.4 Å². The van der Waals surface area contributed by atoms with Gasteiger partial charge in [0.25, 0.3) is 15.6 Å². The number of anilines is 1. The number of carbonyl (C=O) groups excluding carboxylic acids is 1. The fourth-order valence-electron chi connectivity index (χ4n) is 3.98. The number of pyridine rings is 1. The number of hydrogen-bond donors (Lipinski definition) is 1. The summed E-state index contributed by atoms with van der Waals surface area (Å²) in [6, 6.07) is 7.34. The zero-order chi connectivity index (χ0) is 23.8. The van der Waals surface area contributed by atoms with E-state index in [1.807, 2.05) is 6.92 Å². The predicted molar refractivity (Wildman–Crippen MR) is 124 cm³/mol. The second-order valence-electron chi connectivity index (χ2n) is 8.14. The molecule has 0 spiro atoms. The van der Waals surface area contributed by atoms with Crippen molar-refractivity contribution >= 4 is 32.7 Å². The molecule has 10 nitrogen and oxygen atoms in total. The number of carbonyl (C=O) groups is 1. The van der Waals surface area contributed by atoms with Crippen molar-refractivity contribution in [3.63, 3.8) is 0 Å². The van der Waals surface area contributed by atoms with E-state index >= 15 is 0 Å². The Labute approximate surface area is 190 Å². The van der Waals surface area contributed by atoms with Crippen molar-refractivity contribution in [1.29, 1.82) is 0 Å². The van der Waals surface area contributed by atoms with Crippen LogP contribution in [0.5, 0.6) is 0 Å². The van der Waals surface area contributed by atoms with E-state index in [0.29, 0.717) is 18.6 Å². The van der Waals surface area contributed by atoms with Gasteiger partial charge in [0, 0.05) is 39.3 Å². The van der Waals surface area contributed by atoms with Gasteiger partial charge in [0.2, 0.25) is 5.91 Å². The normalized spacial score (nSPS) is 14.1. The Morgan fingerprint density at radius 1 is 1.12 bits per heavy atom. The summed E-state index contributed by atoms with van der Waals surface area (Å²) in [6.07, 6.45) is 3.42. The minimum atomic E-state index is -4.02. The maximum absolute atomic E-state index is 13.1. The summed E-state index contributed by atoms with van der Waals surface area (Å²) >= 11 is 0. The van der Waals surface area contributed by atoms with Gasteiger partial charge in [-0.15, -0.1) is 0 Å². The van der Waals surface area contributed by atoms with Crippen molar-refractivity contribution in [1.82, 2.24) is 19.0 Å². The molecule has 1 saturated heterocycles. The molecule has 1 aliphatic heterocycles. The fourth-order valence-corrected chi connectivity index (χ4v) is 5.01. The molecule has 3 heterocycles. The Balaban J connectivity index is 1.69. The van der Waals surface area contributed by atoms with E-state index in [1.165, 1.54) is 36.0 Å². The Morgan fingerprint density at radius 2 is 1.85 bits per heavy atom. The lowest BCUT2D eigenvalue weighted by Gasteiger charge is -2.16. The van der Waals surface area contributed by atoms with Crippen molar-refractivity contribution in [3.05, 3.63) is 62.9 Å². The number of likely N-dealkylation sites (tertiary alicyclic amines) is 1. The molecule has 3 aromatic rings. The van der Waals surface area contributed by atoms with Gasteiger partial charge >= 0.3 is 5.69 Å². The van der Waals surface area contributed by atoms with Gasteiger partial charge in [0.1, 0.15) is 5.82 Å². The predicted octanol–water partition coefficient (Wildman–Crippen LogP) is 1.22. The van der Waals surface area contributed by atoms with E-state index in [1.54, 1.807) is 17.0 Å². The summed E-state index contributed by atoms with van der Waals surface area (Å²) in [7, 11) is -2.51. The lowest BCUT2D eigenvalue weighted by Crippen LogP contribution is -2.40. The first kappa shape index (κ1) is 22.7. The molecule has 0 atom stereocenters. The minimum absolute atomic E-state index is 0.0270. The first-order valence-corrected chi connectivity index (χ1v) is 12.1. The second-order valence-corrected chi connectivity index (χ2v) is 9.82. The molecule has 0 unspecified atom stereocenters. The van der Waals surface area contributed by atoms with Crippen molar-refractivity contribution < 1.29 is 13.2 Å². The van der Waals surface area contributed by atoms with E-state index in [-0.39, 0.29) is 35.0 Å². The molecule has 1 aromatic carbocycles. The summed E-state index contributed by atoms with van der Waals surface area (Å²) in [6.45, 7) is 3.12. The van der Waals surface area contributed by atoms with Gasteiger partial charge in [-0.1, -0.05) is 0 Å². The first-order chi connectivity index (χ1) is 15.7. The number of aryl methyl sites for hydroxylation is 2. The van der Waals surface area contributed by atoms with Crippen LogP contribution >= 0.6 is 0 Å². The molecule has 174 valence electrons. The standard InChI is InChI=1S/C22H25N5O5S/c1-15-7-9-23-19(13-15)24-33(31,32)16-5-6-18-17(14-16)21(29)27(22(30)25(18)2)12-8-20(28)26-10-3-4-11-26/h5-7,9,13-14H,3-4,8,10-12H2,1-2H3,(H,23,24). The summed E-state index contributed by atoms with van der Waals surface area (Å²) < 4.78 is 30.5. The largest absolute Gasteiger partial charge is 0.343 e. The van der Waals surface area contributed by atoms with Crippen LogP contribution in [0, 0.1) is 6.92 Å². The highest BCUT2D eigenvalue weighted by Gasteiger charge is 2.21. The molecule has 33 heavy (non-hydrogen) atoms. The van der Waals surface area contributed by atoms with Gasteiger partial charge in [-0.05, 0) is 55.7 Å². The average Bonchev–Trinajstić information content (AvgIpc) is 3.32. The summed E-state index contributed by atoms with van der Waals surface area (Å²) in [4.78, 5) is 43.9. The number of sulfonamides is 1. The van der Waals surface area contributed by atoms with Gasteiger partial charge in [0.05, 0.1) is 15.8 Å². The van der Waals surface area contributed by atoms with Crippen LogP contribution in [0.4, 0.5) is 5.82 Å². The third kappa shape index (κ3) is 4.54. The van der Waals surface area contributed by atoms with E-state index in [9.17, 15) is 22.8 Å². The number of nitrogens with one attached hydrogen (secondary N) is 1. The topological polar surface area (TPSA) is 123 Å². The molecule has 0 saturated carbocycles. The third-order valence-corrected chi connectivity index (χ3v) is 7.15. The van der Waals surface area contributed by atoms with Gasteiger partial charge in [-0.25, -0.2) is 18.2 Å². The van der Waals surface area contributed by atoms with Crippen LogP contribution in [0.3, 0.4) is 0 Å². The van der Waals surface area contributed by atoms with E-state index in [2.05, 4.69) is 9.71 Å². The smallest absolute Gasteiger partial charge is 0.331 e. The molecule has 0 aliphatic carbocycles. The average molecular weight is 472 g/mol. The molecule has 0 radical (unpaired) electrons. The fraction of sp³-hybridized carbons (Fsp3) is 0.364. The molecule has 1 amide bonds. The second kappa shape index (κ2) is 8.81. The molecule has 1 aliphatic rings. The number of benzene rings is 1. The van der Waals surface area contributed by atoms with Crippen molar-refractivity contribution in [2.75, 3.05) is 17.8 Å². The molecule has 1 fully saturated rings. The van der Waals surface area contributed by atoms with Gasteiger partial charge < -0.3 is 4.90 Å². The number of fused-ring (bicyclic) bond motifs is 1. The number of rotatable bonds is 6. The Morgan fingerprint density at radius 3 is 2.55 bits per heavy atom. The monoisotopic (exact) mass is 471 g/mol. The van der Waals surface area contributed by atoms with Crippen LogP contribution in [0.1, 0.15) is 24.8 Å². The zero-order valence-corrected chi connectivity index (χ0v) is 19.3. The van der Waals surface area contributed by atoms with Crippen LogP contribution in [0.2, 0.25) is 0 Å². The maximum Gasteiger partial charge on any atom is 0.331 e. The number of amides is 1. The molecule has 11 heteroatoms. The van der Waals surface area contributed by atoms with Crippen LogP contribution in [0.25, 0.3) is 10.9 Å². The van der Waals surface area contributed by atoms with Crippen molar-refractivity contribution in [2.24, 2.45) is 7.05 Å². The van der Waals surface area contributed by atoms with E-state index < -0.39 is 21.3 Å². The SMILES string of the molecule is Cc1ccnc(NS(=O)(=O)c2ccc3c(c2)c(=O)n(CCC(=O)N2CCCC2)c(=O)n3C)c1. The summed E-state index contributed by atoms with van der Waals surface area (Å²) in [5.74, 6) is 0.0566. The van der Waals surface area contributed by atoms with E-state index in [4.69, 9.17) is 0 Å². The Bertz CT molecular complexity index is 1450. The lowest BCUT2D eigenvalue weighted by atomic mass is 10.2. The van der Waals surface area contributed by atoms with Crippen molar-refractivity contribution in [3.8, 4) is 0 Å². The van der Waals surface area contributed by atoms with Gasteiger partial charge in [0.15, 0.2) is 0 Å². The highest BCUT2D eigenvalue weighted by molar-refractivity contribution is 7.92. The molecule has 0 bridgehead atoms. The molecule has 1 N–H and O–H groups in total. The summed E-state index contributed by atoms with van der Waals surface area (Å²) in [5, 5.41) is 0.0748. The molecular formula is C22H25N5O5S. The van der Waals surface area contributed by atoms with E-state index in [0.717, 1.165) is 23.0 Å². The molecule has 2 aromatic heterocycles. The number of aromatic nitrogens is 3. The zero-order valence-electron chi connectivity index (χ0n) is 18.4. The third-order valence-electron chi connectivity index (χ3n) is 5.80. The highest BCUT2D eigenvalue weighted by Crippen LogP contribution is 2.19. The molecule has 4 rings (SSSR count). The number of hydrogen-bond acceptors (Lipinski definition) is 6. The summed E-state index contributed by atoms with van der Waals surface area (Å²) in [5.41, 5.74) is -0.0465. The number of nitrogens with zero attached hydrogens (tertiary/aromatic N) is 4. The van der Waals surface area contributed by atoms with Crippen molar-refractivity contribution in [2.45, 2.75) is 37.6 Å². The van der Waals surface area contributed by atoms with Crippen LogP contribution in [-0.4, -0.2) is 46.4 Å². The highest BCUT2D eigenvalue weighted by atomic mass is 32.2. The Hall–Kier alpha value is -3.47. The van der Waals surface area contributed by atoms with Gasteiger partial charge in [-0.2, -0.15) is 0 Å². The van der Waals surface area contributed by atoms with Crippen LogP contribution in [0.15, 0.2) is 51.0 Å². The lowest BCUT2D eigenvalue weighted by molar-refractivity contribution is -0.130. The maximum atomic E-state index is 13.1. The van der Waals surface area contributed by atoms with Gasteiger partial charge in [-0.3, -0.25) is 23.4 Å². The Kier molecular flexibility index (Phi) is 6.07. The molecular weight excluding hydrogens is 446 g/mol. The quantitative estimate of drug-likeness (QED) is 0.577. The minimum Gasteiger partial charge on any atom is -0.343 e.